The summed E-state index contributed by atoms with van der Waals surface area (Å²) >= 11 is 1.37. The molecule has 3 heterocycles. The van der Waals surface area contributed by atoms with Gasteiger partial charge in [0.05, 0.1) is 21.7 Å². The van der Waals surface area contributed by atoms with Crippen LogP contribution in [0, 0.1) is 0 Å². The summed E-state index contributed by atoms with van der Waals surface area (Å²) in [5.74, 6) is 0.990. The highest BCUT2D eigenvalue weighted by Gasteiger charge is 2.25. The Morgan fingerprint density at radius 3 is 2.50 bits per heavy atom. The summed E-state index contributed by atoms with van der Waals surface area (Å²) in [6, 6.07) is 13.5. The van der Waals surface area contributed by atoms with E-state index in [2.05, 4.69) is 4.98 Å². The number of amides is 1. The maximum atomic E-state index is 13.8. The fourth-order valence-corrected chi connectivity index (χ4v) is 6.26. The number of sulfonamides is 1. The van der Waals surface area contributed by atoms with Crippen LogP contribution in [0.5, 0.6) is 11.5 Å². The van der Waals surface area contributed by atoms with Crippen LogP contribution in [0.3, 0.4) is 0 Å². The molecule has 0 aliphatic carbocycles. The molecule has 11 heteroatoms. The van der Waals surface area contributed by atoms with Gasteiger partial charge in [0.2, 0.25) is 10.0 Å². The minimum atomic E-state index is -3.63. The van der Waals surface area contributed by atoms with Crippen molar-refractivity contribution in [3.63, 3.8) is 0 Å². The third-order valence-electron chi connectivity index (χ3n) is 6.22. The fourth-order valence-electron chi connectivity index (χ4n) is 4.07. The number of rotatable bonds is 9. The van der Waals surface area contributed by atoms with Crippen molar-refractivity contribution in [1.82, 2.24) is 14.3 Å². The molecule has 1 aliphatic heterocycles. The molecule has 0 radical (unpaired) electrons. The van der Waals surface area contributed by atoms with Gasteiger partial charge in [0, 0.05) is 43.7 Å². The molecule has 1 aliphatic rings. The molecule has 0 bridgehead atoms. The smallest absolute Gasteiger partial charge is 0.260 e. The van der Waals surface area contributed by atoms with Crippen LogP contribution < -0.4 is 14.4 Å². The fraction of sp³-hybridized carbons (Fsp3) is 0.296. The first-order valence-corrected chi connectivity index (χ1v) is 14.6. The molecule has 38 heavy (non-hydrogen) atoms. The highest BCUT2D eigenvalue weighted by Crippen LogP contribution is 2.39. The number of hydrogen-bond acceptors (Lipinski definition) is 8. The molecule has 0 saturated heterocycles. The van der Waals surface area contributed by atoms with Gasteiger partial charge in [-0.2, -0.15) is 0 Å². The van der Waals surface area contributed by atoms with Crippen molar-refractivity contribution in [2.24, 2.45) is 0 Å². The number of carbonyl (C=O) groups excluding carboxylic acids is 1. The number of ether oxygens (including phenoxy) is 2. The first-order valence-electron chi connectivity index (χ1n) is 12.3. The summed E-state index contributed by atoms with van der Waals surface area (Å²) in [4.78, 5) is 24.4. The number of anilines is 1. The van der Waals surface area contributed by atoms with E-state index >= 15 is 0 Å². The maximum Gasteiger partial charge on any atom is 0.260 e. The van der Waals surface area contributed by atoms with Crippen molar-refractivity contribution in [1.29, 1.82) is 0 Å². The van der Waals surface area contributed by atoms with Gasteiger partial charge in [-0.1, -0.05) is 30.7 Å². The van der Waals surface area contributed by atoms with E-state index in [0.717, 1.165) is 23.1 Å². The van der Waals surface area contributed by atoms with Crippen LogP contribution in [0.1, 0.15) is 35.7 Å². The van der Waals surface area contributed by atoms with Crippen LogP contribution in [0.2, 0.25) is 0 Å². The van der Waals surface area contributed by atoms with Gasteiger partial charge in [-0.25, -0.2) is 17.7 Å². The zero-order chi connectivity index (χ0) is 26.7. The summed E-state index contributed by atoms with van der Waals surface area (Å²) in [7, 11) is -2.06. The number of aromatic nitrogens is 2. The molecule has 9 nitrogen and oxygen atoms in total. The highest BCUT2D eigenvalue weighted by molar-refractivity contribution is 7.89. The number of thiazole rings is 1. The predicted octanol–water partition coefficient (Wildman–Crippen LogP) is 4.73. The Hall–Kier alpha value is -3.54. The Balaban J connectivity index is 1.47. The molecule has 198 valence electrons. The van der Waals surface area contributed by atoms with E-state index in [0.29, 0.717) is 47.5 Å². The Labute approximate surface area is 225 Å². The highest BCUT2D eigenvalue weighted by atomic mass is 32.2. The Morgan fingerprint density at radius 1 is 1.08 bits per heavy atom. The van der Waals surface area contributed by atoms with E-state index in [1.165, 1.54) is 27.8 Å². The summed E-state index contributed by atoms with van der Waals surface area (Å²) in [5.41, 5.74) is 1.90. The van der Waals surface area contributed by atoms with E-state index in [-0.39, 0.29) is 17.3 Å². The number of pyridine rings is 1. The minimum absolute atomic E-state index is 0.150. The van der Waals surface area contributed by atoms with Crippen LogP contribution in [0.15, 0.2) is 65.8 Å². The predicted molar refractivity (Wildman–Crippen MR) is 147 cm³/mol. The van der Waals surface area contributed by atoms with Crippen molar-refractivity contribution in [3.8, 4) is 11.5 Å². The average molecular weight is 553 g/mol. The topological polar surface area (TPSA) is 102 Å². The Kier molecular flexibility index (Phi) is 7.59. The summed E-state index contributed by atoms with van der Waals surface area (Å²) < 4.78 is 39.4. The summed E-state index contributed by atoms with van der Waals surface area (Å²) in [5, 5.41) is 0.507. The van der Waals surface area contributed by atoms with E-state index in [1.807, 2.05) is 31.2 Å². The molecular formula is C27H28N4O5S2. The lowest BCUT2D eigenvalue weighted by atomic mass is 10.2. The van der Waals surface area contributed by atoms with Gasteiger partial charge in [0.15, 0.2) is 16.6 Å². The number of hydrogen-bond donors (Lipinski definition) is 0. The number of fused-ring (bicyclic) bond motifs is 2. The van der Waals surface area contributed by atoms with Crippen molar-refractivity contribution in [2.45, 2.75) is 31.2 Å². The van der Waals surface area contributed by atoms with E-state index in [1.54, 1.807) is 36.5 Å². The second kappa shape index (κ2) is 11.1. The lowest BCUT2D eigenvalue weighted by Gasteiger charge is -2.20. The third kappa shape index (κ3) is 5.35. The van der Waals surface area contributed by atoms with E-state index < -0.39 is 10.0 Å². The second-order valence-corrected chi connectivity index (χ2v) is 12.0. The van der Waals surface area contributed by atoms with Gasteiger partial charge < -0.3 is 9.47 Å². The molecular weight excluding hydrogens is 524 g/mol. The van der Waals surface area contributed by atoms with Crippen molar-refractivity contribution in [2.75, 3.05) is 31.7 Å². The lowest BCUT2D eigenvalue weighted by Crippen LogP contribution is -2.30. The molecule has 0 atom stereocenters. The average Bonchev–Trinajstić information content (AvgIpc) is 3.36. The van der Waals surface area contributed by atoms with Crippen LogP contribution in [-0.2, 0) is 16.6 Å². The van der Waals surface area contributed by atoms with Gasteiger partial charge in [-0.15, -0.1) is 0 Å². The molecule has 0 N–H and O–H groups in total. The van der Waals surface area contributed by atoms with Crippen LogP contribution in [0.4, 0.5) is 5.13 Å². The maximum absolute atomic E-state index is 13.8. The van der Waals surface area contributed by atoms with Crippen LogP contribution >= 0.6 is 11.3 Å². The van der Waals surface area contributed by atoms with Gasteiger partial charge in [-0.3, -0.25) is 14.7 Å². The van der Waals surface area contributed by atoms with Crippen LogP contribution in [-0.4, -0.2) is 55.4 Å². The van der Waals surface area contributed by atoms with Gasteiger partial charge in [-0.05, 0) is 42.3 Å². The molecule has 0 fully saturated rings. The standard InChI is InChI=1S/C27H28N4O5S2/c1-3-4-12-30(2)38(33,34)21-9-7-20(8-10-21)26(32)31(18-19-6-5-11-28-17-19)27-29-22-15-23-24(16-25(22)37-27)36-14-13-35-23/h5-11,15-17H,3-4,12-14,18H2,1-2H3. The van der Waals surface area contributed by atoms with Gasteiger partial charge in [0.1, 0.15) is 13.2 Å². The summed E-state index contributed by atoms with van der Waals surface area (Å²) in [6.07, 6.45) is 5.05. The molecule has 0 spiro atoms. The van der Waals surface area contributed by atoms with Crippen molar-refractivity contribution < 1.29 is 22.7 Å². The lowest BCUT2D eigenvalue weighted by molar-refractivity contribution is 0.0985. The molecule has 0 saturated carbocycles. The van der Waals surface area contributed by atoms with E-state index in [4.69, 9.17) is 14.5 Å². The Morgan fingerprint density at radius 2 is 1.82 bits per heavy atom. The van der Waals surface area contributed by atoms with Gasteiger partial charge >= 0.3 is 0 Å². The number of carbonyl (C=O) groups is 1. The largest absolute Gasteiger partial charge is 0.486 e. The SMILES string of the molecule is CCCCN(C)S(=O)(=O)c1ccc(C(=O)N(Cc2cccnc2)c2nc3cc4c(cc3s2)OCCO4)cc1. The zero-order valence-corrected chi connectivity index (χ0v) is 22.8. The molecule has 2 aromatic heterocycles. The molecule has 4 aromatic rings. The molecule has 5 rings (SSSR count). The Bertz CT molecular complexity index is 1500. The first-order chi connectivity index (χ1) is 18.4. The van der Waals surface area contributed by atoms with Crippen molar-refractivity contribution in [3.05, 3.63) is 72.1 Å². The number of nitrogens with zero attached hydrogens (tertiary/aromatic N) is 4. The second-order valence-electron chi connectivity index (χ2n) is 8.92. The number of benzene rings is 2. The molecule has 2 aromatic carbocycles. The minimum Gasteiger partial charge on any atom is -0.486 e. The van der Waals surface area contributed by atoms with Crippen LogP contribution in [0.25, 0.3) is 10.2 Å². The van der Waals surface area contributed by atoms with Crippen molar-refractivity contribution >= 4 is 42.6 Å². The monoisotopic (exact) mass is 552 g/mol. The number of unbranched alkanes of at least 4 members (excludes halogenated alkanes) is 1. The van der Waals surface area contributed by atoms with Gasteiger partial charge in [0.25, 0.3) is 5.91 Å². The molecule has 0 unspecified atom stereocenters. The third-order valence-corrected chi connectivity index (χ3v) is 9.13. The quantitative estimate of drug-likeness (QED) is 0.296. The zero-order valence-electron chi connectivity index (χ0n) is 21.2. The normalized spacial score (nSPS) is 13.1. The molecule has 1 amide bonds. The first kappa shape index (κ1) is 26.1. The van der Waals surface area contributed by atoms with E-state index in [9.17, 15) is 13.2 Å². The summed E-state index contributed by atoms with van der Waals surface area (Å²) in [6.45, 7) is 3.66.